The van der Waals surface area contributed by atoms with Gasteiger partial charge in [0.25, 0.3) is 0 Å². The number of hydrogen-bond donors (Lipinski definition) is 1. The van der Waals surface area contributed by atoms with Crippen LogP contribution < -0.4 is 5.32 Å². The number of rotatable bonds is 2. The number of esters is 1. The molecule has 1 unspecified atom stereocenters. The van der Waals surface area contributed by atoms with Crippen LogP contribution >= 0.6 is 0 Å². The highest BCUT2D eigenvalue weighted by Crippen LogP contribution is 2.14. The minimum Gasteiger partial charge on any atom is -0.466 e. The molecule has 1 aliphatic rings. The van der Waals surface area contributed by atoms with Gasteiger partial charge in [-0.15, -0.1) is 0 Å². The third kappa shape index (κ3) is 1.55. The molecule has 14 heavy (non-hydrogen) atoms. The molecule has 2 heterocycles. The van der Waals surface area contributed by atoms with E-state index in [1.807, 2.05) is 0 Å². The molecule has 1 aliphatic heterocycles. The number of anilines is 1. The standard InChI is InChI=1S/C8H12N4O2/c1-2-14-7(13)6-3-9-8-10-5-11-12(8)4-6/h5-6H,2-4H2,1H3,(H,9,10,11). The van der Waals surface area contributed by atoms with Gasteiger partial charge in [-0.3, -0.25) is 4.79 Å². The summed E-state index contributed by atoms with van der Waals surface area (Å²) in [7, 11) is 0. The number of fused-ring (bicyclic) bond motifs is 1. The van der Waals surface area contributed by atoms with Gasteiger partial charge in [0.05, 0.1) is 19.1 Å². The molecule has 6 nitrogen and oxygen atoms in total. The van der Waals surface area contributed by atoms with Crippen LogP contribution in [0.2, 0.25) is 0 Å². The van der Waals surface area contributed by atoms with Crippen LogP contribution in [-0.4, -0.2) is 33.9 Å². The number of nitrogens with zero attached hydrogens (tertiary/aromatic N) is 3. The Morgan fingerprint density at radius 3 is 3.50 bits per heavy atom. The van der Waals surface area contributed by atoms with Crippen LogP contribution in [0.15, 0.2) is 6.33 Å². The quantitative estimate of drug-likeness (QED) is 0.668. The predicted molar refractivity (Wildman–Crippen MR) is 48.6 cm³/mol. The minimum absolute atomic E-state index is 0.163. The highest BCUT2D eigenvalue weighted by Gasteiger charge is 2.26. The molecule has 0 amide bonds. The largest absolute Gasteiger partial charge is 0.466 e. The first-order chi connectivity index (χ1) is 6.81. The van der Waals surface area contributed by atoms with Crippen molar-refractivity contribution in [2.45, 2.75) is 13.5 Å². The first-order valence-electron chi connectivity index (χ1n) is 4.59. The van der Waals surface area contributed by atoms with Crippen molar-refractivity contribution in [1.29, 1.82) is 0 Å². The third-order valence-corrected chi connectivity index (χ3v) is 2.14. The van der Waals surface area contributed by atoms with Crippen LogP contribution in [0.3, 0.4) is 0 Å². The summed E-state index contributed by atoms with van der Waals surface area (Å²) in [4.78, 5) is 15.4. The summed E-state index contributed by atoms with van der Waals surface area (Å²) in [5.74, 6) is 0.371. The predicted octanol–water partition coefficient (Wildman–Crippen LogP) is -0.117. The van der Waals surface area contributed by atoms with Crippen molar-refractivity contribution in [1.82, 2.24) is 14.8 Å². The van der Waals surface area contributed by atoms with E-state index in [-0.39, 0.29) is 11.9 Å². The fraction of sp³-hybridized carbons (Fsp3) is 0.625. The summed E-state index contributed by atoms with van der Waals surface area (Å²) < 4.78 is 6.60. The van der Waals surface area contributed by atoms with E-state index in [4.69, 9.17) is 4.74 Å². The van der Waals surface area contributed by atoms with Crippen molar-refractivity contribution in [3.63, 3.8) is 0 Å². The molecule has 0 radical (unpaired) electrons. The van der Waals surface area contributed by atoms with Crippen molar-refractivity contribution in [2.24, 2.45) is 5.92 Å². The number of aromatic nitrogens is 3. The zero-order valence-corrected chi connectivity index (χ0v) is 7.93. The second kappa shape index (κ2) is 3.65. The van der Waals surface area contributed by atoms with Gasteiger partial charge in [0.2, 0.25) is 5.95 Å². The van der Waals surface area contributed by atoms with Gasteiger partial charge in [0.15, 0.2) is 0 Å². The molecule has 1 aromatic rings. The summed E-state index contributed by atoms with van der Waals surface area (Å²) in [6.07, 6.45) is 1.47. The van der Waals surface area contributed by atoms with Gasteiger partial charge in [-0.05, 0) is 6.92 Å². The Morgan fingerprint density at radius 1 is 1.86 bits per heavy atom. The van der Waals surface area contributed by atoms with Gasteiger partial charge in [-0.25, -0.2) is 4.68 Å². The number of hydrogen-bond acceptors (Lipinski definition) is 5. The number of carbonyl (C=O) groups excluding carboxylic acids is 1. The Hall–Kier alpha value is -1.59. The molecule has 0 saturated heterocycles. The van der Waals surface area contributed by atoms with Gasteiger partial charge >= 0.3 is 5.97 Å². The average molecular weight is 196 g/mol. The third-order valence-electron chi connectivity index (χ3n) is 2.14. The summed E-state index contributed by atoms with van der Waals surface area (Å²) in [5, 5.41) is 7.01. The lowest BCUT2D eigenvalue weighted by atomic mass is 10.1. The summed E-state index contributed by atoms with van der Waals surface area (Å²) in [6.45, 7) is 3.33. The second-order valence-corrected chi connectivity index (χ2v) is 3.10. The molecule has 6 heteroatoms. The lowest BCUT2D eigenvalue weighted by molar-refractivity contribution is -0.148. The summed E-state index contributed by atoms with van der Waals surface area (Å²) in [6, 6.07) is 0. The van der Waals surface area contributed by atoms with Gasteiger partial charge in [-0.1, -0.05) is 0 Å². The van der Waals surface area contributed by atoms with Crippen molar-refractivity contribution in [3.8, 4) is 0 Å². The molecule has 0 bridgehead atoms. The van der Waals surface area contributed by atoms with Crippen molar-refractivity contribution in [3.05, 3.63) is 6.33 Å². The molecule has 76 valence electrons. The molecule has 1 aromatic heterocycles. The van der Waals surface area contributed by atoms with E-state index in [1.165, 1.54) is 6.33 Å². The first kappa shape index (κ1) is 8.98. The molecule has 1 atom stereocenters. The normalized spacial score (nSPS) is 19.6. The lowest BCUT2D eigenvalue weighted by Crippen LogP contribution is -2.34. The van der Waals surface area contributed by atoms with Crippen LogP contribution in [0, 0.1) is 5.92 Å². The maximum absolute atomic E-state index is 11.4. The Labute approximate surface area is 81.3 Å². The molecule has 0 fully saturated rings. The van der Waals surface area contributed by atoms with Crippen molar-refractivity contribution >= 4 is 11.9 Å². The van der Waals surface area contributed by atoms with Crippen LogP contribution in [0.25, 0.3) is 0 Å². The van der Waals surface area contributed by atoms with E-state index >= 15 is 0 Å². The monoisotopic (exact) mass is 196 g/mol. The fourth-order valence-electron chi connectivity index (χ4n) is 1.44. The maximum atomic E-state index is 11.4. The van der Waals surface area contributed by atoms with E-state index in [2.05, 4.69) is 15.4 Å². The molecule has 0 saturated carbocycles. The van der Waals surface area contributed by atoms with Crippen molar-refractivity contribution < 1.29 is 9.53 Å². The molecule has 1 N–H and O–H groups in total. The zero-order valence-electron chi connectivity index (χ0n) is 7.93. The average Bonchev–Trinajstić information content (AvgIpc) is 2.64. The molecule has 0 aromatic carbocycles. The first-order valence-corrected chi connectivity index (χ1v) is 4.59. The zero-order chi connectivity index (χ0) is 9.97. The molecular formula is C8H12N4O2. The van der Waals surface area contributed by atoms with E-state index in [0.29, 0.717) is 25.6 Å². The van der Waals surface area contributed by atoms with E-state index in [0.717, 1.165) is 0 Å². The van der Waals surface area contributed by atoms with Crippen LogP contribution in [0.1, 0.15) is 6.92 Å². The Kier molecular flexibility index (Phi) is 2.34. The topological polar surface area (TPSA) is 69.0 Å². The van der Waals surface area contributed by atoms with Gasteiger partial charge in [0.1, 0.15) is 6.33 Å². The highest BCUT2D eigenvalue weighted by atomic mass is 16.5. The Balaban J connectivity index is 2.04. The van der Waals surface area contributed by atoms with Crippen LogP contribution in [0.4, 0.5) is 5.95 Å². The Morgan fingerprint density at radius 2 is 2.71 bits per heavy atom. The lowest BCUT2D eigenvalue weighted by Gasteiger charge is -2.21. The minimum atomic E-state index is -0.179. The Bertz CT molecular complexity index is 336. The second-order valence-electron chi connectivity index (χ2n) is 3.10. The SMILES string of the molecule is CCOC(=O)C1CNc2ncnn2C1. The number of nitrogens with one attached hydrogen (secondary N) is 1. The number of carbonyl (C=O) groups is 1. The maximum Gasteiger partial charge on any atom is 0.312 e. The number of ether oxygens (including phenoxy) is 1. The van der Waals surface area contributed by atoms with E-state index in [9.17, 15) is 4.79 Å². The summed E-state index contributed by atoms with van der Waals surface area (Å²) in [5.41, 5.74) is 0. The van der Waals surface area contributed by atoms with E-state index in [1.54, 1.807) is 11.6 Å². The van der Waals surface area contributed by atoms with Gasteiger partial charge < -0.3 is 10.1 Å². The van der Waals surface area contributed by atoms with Gasteiger partial charge in [0, 0.05) is 6.54 Å². The van der Waals surface area contributed by atoms with Crippen LogP contribution in [-0.2, 0) is 16.1 Å². The molecular weight excluding hydrogens is 184 g/mol. The molecule has 0 spiro atoms. The van der Waals surface area contributed by atoms with E-state index < -0.39 is 0 Å². The highest BCUT2D eigenvalue weighted by molar-refractivity contribution is 5.73. The molecule has 2 rings (SSSR count). The fourth-order valence-corrected chi connectivity index (χ4v) is 1.44. The smallest absolute Gasteiger partial charge is 0.312 e. The van der Waals surface area contributed by atoms with Gasteiger partial charge in [-0.2, -0.15) is 10.1 Å². The van der Waals surface area contributed by atoms with Crippen LogP contribution in [0.5, 0.6) is 0 Å². The van der Waals surface area contributed by atoms with Crippen molar-refractivity contribution in [2.75, 3.05) is 18.5 Å². The molecule has 0 aliphatic carbocycles. The summed E-state index contributed by atoms with van der Waals surface area (Å²) >= 11 is 0.